The van der Waals surface area contributed by atoms with Crippen molar-refractivity contribution in [2.75, 3.05) is 0 Å². The van der Waals surface area contributed by atoms with Gasteiger partial charge in [-0.2, -0.15) is 5.10 Å². The molecule has 2 heterocycles. The SMILES string of the molecule is CCc1nc(-c2sccc2Br)n[nH]1. The standard InChI is InChI=1S/C8H8BrN3S/c1-2-6-10-8(12-11-6)7-5(9)3-4-13-7/h3-4H,2H2,1H3,(H,10,11,12). The molecule has 0 aromatic carbocycles. The van der Waals surface area contributed by atoms with Crippen LogP contribution < -0.4 is 0 Å². The van der Waals surface area contributed by atoms with Crippen molar-refractivity contribution in [3.63, 3.8) is 0 Å². The van der Waals surface area contributed by atoms with Gasteiger partial charge in [-0.1, -0.05) is 6.92 Å². The Balaban J connectivity index is 2.41. The average Bonchev–Trinajstić information content (AvgIpc) is 2.71. The molecule has 0 aliphatic carbocycles. The highest BCUT2D eigenvalue weighted by molar-refractivity contribution is 9.10. The second kappa shape index (κ2) is 3.59. The van der Waals surface area contributed by atoms with E-state index in [9.17, 15) is 0 Å². The predicted octanol–water partition coefficient (Wildman–Crippen LogP) is 2.86. The lowest BCUT2D eigenvalue weighted by molar-refractivity contribution is 0.946. The van der Waals surface area contributed by atoms with Crippen LogP contribution in [0, 0.1) is 0 Å². The molecule has 0 unspecified atom stereocenters. The summed E-state index contributed by atoms with van der Waals surface area (Å²) in [5.41, 5.74) is 0. The van der Waals surface area contributed by atoms with E-state index in [2.05, 4.69) is 31.1 Å². The molecule has 2 rings (SSSR count). The molecule has 2 aromatic rings. The summed E-state index contributed by atoms with van der Waals surface area (Å²) < 4.78 is 1.05. The number of aromatic nitrogens is 3. The van der Waals surface area contributed by atoms with E-state index in [1.165, 1.54) is 0 Å². The molecule has 0 saturated carbocycles. The summed E-state index contributed by atoms with van der Waals surface area (Å²) in [4.78, 5) is 5.43. The number of aryl methyl sites for hydroxylation is 1. The molecule has 1 N–H and O–H groups in total. The van der Waals surface area contributed by atoms with Gasteiger partial charge in [0.05, 0.1) is 4.88 Å². The highest BCUT2D eigenvalue weighted by Gasteiger charge is 2.09. The number of H-pyrrole nitrogens is 1. The van der Waals surface area contributed by atoms with Crippen LogP contribution in [0.15, 0.2) is 15.9 Å². The van der Waals surface area contributed by atoms with Crippen LogP contribution in [0.1, 0.15) is 12.7 Å². The van der Waals surface area contributed by atoms with E-state index in [4.69, 9.17) is 0 Å². The fourth-order valence-electron chi connectivity index (χ4n) is 1.01. The maximum absolute atomic E-state index is 4.35. The summed E-state index contributed by atoms with van der Waals surface area (Å²) in [6.07, 6.45) is 0.885. The Hall–Kier alpha value is -0.680. The van der Waals surface area contributed by atoms with Crippen LogP contribution in [0.3, 0.4) is 0 Å². The van der Waals surface area contributed by atoms with Gasteiger partial charge in [0.1, 0.15) is 5.82 Å². The Bertz CT molecular complexity index is 407. The van der Waals surface area contributed by atoms with Gasteiger partial charge in [0.25, 0.3) is 0 Å². The fourth-order valence-corrected chi connectivity index (χ4v) is 2.49. The van der Waals surface area contributed by atoms with E-state index < -0.39 is 0 Å². The third-order valence-corrected chi connectivity index (χ3v) is 3.52. The van der Waals surface area contributed by atoms with Gasteiger partial charge in [-0.3, -0.25) is 5.10 Å². The van der Waals surface area contributed by atoms with Gasteiger partial charge in [0.15, 0.2) is 5.82 Å². The third-order valence-electron chi connectivity index (χ3n) is 1.69. The Labute approximate surface area is 88.3 Å². The lowest BCUT2D eigenvalue weighted by Crippen LogP contribution is -1.81. The number of nitrogens with zero attached hydrogens (tertiary/aromatic N) is 2. The number of thiophene rings is 1. The number of nitrogens with one attached hydrogen (secondary N) is 1. The zero-order valence-corrected chi connectivity index (χ0v) is 9.44. The van der Waals surface area contributed by atoms with Gasteiger partial charge in [0.2, 0.25) is 0 Å². The molecule has 0 radical (unpaired) electrons. The average molecular weight is 258 g/mol. The first-order valence-electron chi connectivity index (χ1n) is 3.96. The van der Waals surface area contributed by atoms with Gasteiger partial charge in [-0.15, -0.1) is 11.3 Å². The Morgan fingerprint density at radius 3 is 3.00 bits per heavy atom. The van der Waals surface area contributed by atoms with Crippen molar-refractivity contribution < 1.29 is 0 Å². The number of hydrogen-bond donors (Lipinski definition) is 1. The minimum absolute atomic E-state index is 0.777. The van der Waals surface area contributed by atoms with Crippen LogP contribution in [0.2, 0.25) is 0 Å². The number of halogens is 1. The molecule has 0 atom stereocenters. The first kappa shape index (κ1) is 8.90. The van der Waals surface area contributed by atoms with Gasteiger partial charge < -0.3 is 0 Å². The fraction of sp³-hybridized carbons (Fsp3) is 0.250. The molecule has 0 aliphatic rings. The molecule has 0 amide bonds. The number of rotatable bonds is 2. The lowest BCUT2D eigenvalue weighted by Gasteiger charge is -1.88. The summed E-state index contributed by atoms with van der Waals surface area (Å²) in [6.45, 7) is 2.05. The Kier molecular flexibility index (Phi) is 2.46. The summed E-state index contributed by atoms with van der Waals surface area (Å²) in [7, 11) is 0. The molecular weight excluding hydrogens is 250 g/mol. The molecule has 2 aromatic heterocycles. The minimum atomic E-state index is 0.777. The van der Waals surface area contributed by atoms with E-state index in [0.29, 0.717) is 0 Å². The molecule has 3 nitrogen and oxygen atoms in total. The molecular formula is C8H8BrN3S. The third kappa shape index (κ3) is 1.66. The molecule has 5 heteroatoms. The highest BCUT2D eigenvalue weighted by Crippen LogP contribution is 2.30. The summed E-state index contributed by atoms with van der Waals surface area (Å²) in [5.74, 6) is 1.70. The zero-order chi connectivity index (χ0) is 9.26. The van der Waals surface area contributed by atoms with Crippen molar-refractivity contribution in [2.24, 2.45) is 0 Å². The van der Waals surface area contributed by atoms with Crippen LogP contribution in [-0.4, -0.2) is 15.2 Å². The molecule has 68 valence electrons. The molecule has 0 spiro atoms. The van der Waals surface area contributed by atoms with Crippen LogP contribution in [0.5, 0.6) is 0 Å². The van der Waals surface area contributed by atoms with Gasteiger partial charge in [-0.05, 0) is 27.4 Å². The molecule has 0 fully saturated rings. The monoisotopic (exact) mass is 257 g/mol. The largest absolute Gasteiger partial charge is 0.263 e. The number of aromatic amines is 1. The van der Waals surface area contributed by atoms with Crippen LogP contribution >= 0.6 is 27.3 Å². The van der Waals surface area contributed by atoms with Crippen molar-refractivity contribution in [2.45, 2.75) is 13.3 Å². The second-order valence-electron chi connectivity index (χ2n) is 2.56. The van der Waals surface area contributed by atoms with E-state index in [-0.39, 0.29) is 0 Å². The second-order valence-corrected chi connectivity index (χ2v) is 4.33. The summed E-state index contributed by atoms with van der Waals surface area (Å²) in [5, 5.41) is 9.05. The summed E-state index contributed by atoms with van der Waals surface area (Å²) in [6, 6.07) is 2.00. The van der Waals surface area contributed by atoms with Gasteiger partial charge >= 0.3 is 0 Å². The van der Waals surface area contributed by atoms with E-state index in [1.54, 1.807) is 11.3 Å². The van der Waals surface area contributed by atoms with E-state index in [0.717, 1.165) is 27.4 Å². The highest BCUT2D eigenvalue weighted by atomic mass is 79.9. The topological polar surface area (TPSA) is 41.6 Å². The number of hydrogen-bond acceptors (Lipinski definition) is 3. The van der Waals surface area contributed by atoms with Crippen LogP contribution in [0.25, 0.3) is 10.7 Å². The normalized spacial score (nSPS) is 10.6. The van der Waals surface area contributed by atoms with Crippen molar-refractivity contribution in [1.82, 2.24) is 15.2 Å². The van der Waals surface area contributed by atoms with Crippen molar-refractivity contribution in [3.05, 3.63) is 21.7 Å². The maximum Gasteiger partial charge on any atom is 0.192 e. The Morgan fingerprint density at radius 1 is 1.62 bits per heavy atom. The van der Waals surface area contributed by atoms with Crippen molar-refractivity contribution in [3.8, 4) is 10.7 Å². The maximum atomic E-state index is 4.35. The minimum Gasteiger partial charge on any atom is -0.263 e. The first-order valence-corrected chi connectivity index (χ1v) is 5.63. The zero-order valence-electron chi connectivity index (χ0n) is 7.04. The Morgan fingerprint density at radius 2 is 2.46 bits per heavy atom. The molecule has 0 aliphatic heterocycles. The molecule has 0 saturated heterocycles. The van der Waals surface area contributed by atoms with Crippen LogP contribution in [0.4, 0.5) is 0 Å². The van der Waals surface area contributed by atoms with E-state index >= 15 is 0 Å². The van der Waals surface area contributed by atoms with Crippen molar-refractivity contribution >= 4 is 27.3 Å². The van der Waals surface area contributed by atoms with E-state index in [1.807, 2.05) is 18.4 Å². The quantitative estimate of drug-likeness (QED) is 0.899. The van der Waals surface area contributed by atoms with Crippen molar-refractivity contribution in [1.29, 1.82) is 0 Å². The smallest absolute Gasteiger partial charge is 0.192 e. The predicted molar refractivity (Wildman–Crippen MR) is 56.8 cm³/mol. The first-order chi connectivity index (χ1) is 6.31. The summed E-state index contributed by atoms with van der Waals surface area (Å²) >= 11 is 5.09. The van der Waals surface area contributed by atoms with Gasteiger partial charge in [-0.25, -0.2) is 4.98 Å². The molecule has 13 heavy (non-hydrogen) atoms. The lowest BCUT2D eigenvalue weighted by atomic mass is 10.4. The van der Waals surface area contributed by atoms with Crippen LogP contribution in [-0.2, 0) is 6.42 Å². The van der Waals surface area contributed by atoms with Gasteiger partial charge in [0, 0.05) is 10.9 Å². The molecule has 0 bridgehead atoms.